The van der Waals surface area contributed by atoms with Crippen LogP contribution in [0.15, 0.2) is 35.1 Å². The average Bonchev–Trinajstić information content (AvgIpc) is 2.82. The Morgan fingerprint density at radius 2 is 2.33 bits per heavy atom. The van der Waals surface area contributed by atoms with Crippen molar-refractivity contribution >= 4 is 17.4 Å². The molecule has 6 heteroatoms. The Balaban J connectivity index is 2.28. The lowest BCUT2D eigenvalue weighted by Crippen LogP contribution is -2.16. The molecule has 1 aromatic carbocycles. The molecule has 2 rings (SSSR count). The predicted molar refractivity (Wildman–Crippen MR) is 66.5 cm³/mol. The van der Waals surface area contributed by atoms with Crippen molar-refractivity contribution in [1.82, 2.24) is 5.16 Å². The first-order valence-corrected chi connectivity index (χ1v) is 5.45. The lowest BCUT2D eigenvalue weighted by Gasteiger charge is -2.11. The van der Waals surface area contributed by atoms with E-state index >= 15 is 0 Å². The van der Waals surface area contributed by atoms with Crippen LogP contribution in [0.5, 0.6) is 5.75 Å². The van der Waals surface area contributed by atoms with Gasteiger partial charge in [0.15, 0.2) is 5.82 Å². The molecule has 6 nitrogen and oxygen atoms in total. The fourth-order valence-electron chi connectivity index (χ4n) is 1.52. The summed E-state index contributed by atoms with van der Waals surface area (Å²) in [5.74, 6) is 0.384. The van der Waals surface area contributed by atoms with Crippen LogP contribution in [0.3, 0.4) is 0 Å². The third-order valence-corrected chi connectivity index (χ3v) is 2.26. The highest BCUT2D eigenvalue weighted by atomic mass is 16.5. The Morgan fingerprint density at radius 1 is 1.50 bits per heavy atom. The van der Waals surface area contributed by atoms with Crippen LogP contribution in [0.25, 0.3) is 0 Å². The van der Waals surface area contributed by atoms with Crippen molar-refractivity contribution in [3.63, 3.8) is 0 Å². The highest BCUT2D eigenvalue weighted by Gasteiger charge is 2.16. The molecule has 0 unspecified atom stereocenters. The van der Waals surface area contributed by atoms with Crippen LogP contribution in [0.4, 0.5) is 11.5 Å². The maximum atomic E-state index is 12.1. The molecule has 18 heavy (non-hydrogen) atoms. The quantitative estimate of drug-likeness (QED) is 0.805. The molecule has 3 N–H and O–H groups in total. The molecule has 1 heterocycles. The number of nitrogens with two attached hydrogens (primary N) is 1. The van der Waals surface area contributed by atoms with E-state index < -0.39 is 0 Å². The van der Waals surface area contributed by atoms with Crippen molar-refractivity contribution in [1.29, 1.82) is 0 Å². The Kier molecular flexibility index (Phi) is 3.47. The maximum Gasteiger partial charge on any atom is 0.262 e. The maximum absolute atomic E-state index is 12.1. The fourth-order valence-corrected chi connectivity index (χ4v) is 1.52. The zero-order chi connectivity index (χ0) is 13.0. The van der Waals surface area contributed by atoms with E-state index in [1.807, 2.05) is 6.92 Å². The molecule has 0 fully saturated rings. The zero-order valence-electron chi connectivity index (χ0n) is 9.84. The summed E-state index contributed by atoms with van der Waals surface area (Å²) in [5, 5.41) is 6.17. The summed E-state index contributed by atoms with van der Waals surface area (Å²) in [6, 6.07) is 6.60. The molecule has 0 saturated carbocycles. The number of hydrogen-bond donors (Lipinski definition) is 2. The monoisotopic (exact) mass is 247 g/mol. The lowest BCUT2D eigenvalue weighted by atomic mass is 10.1. The third kappa shape index (κ3) is 2.42. The number of aromatic nitrogens is 1. The minimum Gasteiger partial charge on any atom is -0.493 e. The van der Waals surface area contributed by atoms with Gasteiger partial charge in [0.2, 0.25) is 0 Å². The Hall–Kier alpha value is -2.50. The normalized spacial score (nSPS) is 10.1. The van der Waals surface area contributed by atoms with Gasteiger partial charge in [-0.1, -0.05) is 11.2 Å². The second-order valence-electron chi connectivity index (χ2n) is 3.49. The van der Waals surface area contributed by atoms with Crippen molar-refractivity contribution in [2.75, 3.05) is 17.7 Å². The number of amides is 1. The van der Waals surface area contributed by atoms with E-state index in [0.717, 1.165) is 0 Å². The molecule has 0 bridgehead atoms. The van der Waals surface area contributed by atoms with Crippen LogP contribution in [0, 0.1) is 0 Å². The molecular formula is C12H13N3O3. The molecule has 0 aliphatic heterocycles. The SMILES string of the molecule is CCOc1cccc(N)c1C(=O)Nc1ccon1. The highest BCUT2D eigenvalue weighted by Crippen LogP contribution is 2.25. The number of nitrogens with one attached hydrogen (secondary N) is 1. The Labute approximate surface area is 104 Å². The fraction of sp³-hybridized carbons (Fsp3) is 0.167. The number of nitrogen functional groups attached to an aromatic ring is 1. The number of hydrogen-bond acceptors (Lipinski definition) is 5. The number of nitrogens with zero attached hydrogens (tertiary/aromatic N) is 1. The van der Waals surface area contributed by atoms with Gasteiger partial charge < -0.3 is 20.3 Å². The number of benzene rings is 1. The summed E-state index contributed by atoms with van der Waals surface area (Å²) >= 11 is 0. The lowest BCUT2D eigenvalue weighted by molar-refractivity contribution is 0.102. The zero-order valence-corrected chi connectivity index (χ0v) is 9.84. The number of rotatable bonds is 4. The molecular weight excluding hydrogens is 234 g/mol. The van der Waals surface area contributed by atoms with Crippen LogP contribution in [0.1, 0.15) is 17.3 Å². The number of carbonyl (C=O) groups excluding carboxylic acids is 1. The third-order valence-electron chi connectivity index (χ3n) is 2.26. The van der Waals surface area contributed by atoms with E-state index in [2.05, 4.69) is 15.0 Å². The summed E-state index contributed by atoms with van der Waals surface area (Å²) in [4.78, 5) is 12.1. The average molecular weight is 247 g/mol. The highest BCUT2D eigenvalue weighted by molar-refractivity contribution is 6.09. The first-order chi connectivity index (χ1) is 8.72. The molecule has 0 aliphatic rings. The molecule has 0 radical (unpaired) electrons. The molecule has 0 saturated heterocycles. The Bertz CT molecular complexity index is 538. The molecule has 1 amide bonds. The standard InChI is InChI=1S/C12H13N3O3/c1-2-17-9-5-3-4-8(13)11(9)12(16)14-10-6-7-18-15-10/h3-7H,2,13H2,1H3,(H,14,15,16). The number of ether oxygens (including phenoxy) is 1. The van der Waals surface area contributed by atoms with Crippen molar-refractivity contribution in [3.05, 3.63) is 36.1 Å². The van der Waals surface area contributed by atoms with Crippen LogP contribution in [0.2, 0.25) is 0 Å². The topological polar surface area (TPSA) is 90.4 Å². The van der Waals surface area contributed by atoms with Crippen LogP contribution in [-0.2, 0) is 0 Å². The molecule has 1 aromatic heterocycles. The summed E-state index contributed by atoms with van der Waals surface area (Å²) in [6.45, 7) is 2.29. The Morgan fingerprint density at radius 3 is 3.00 bits per heavy atom. The first-order valence-electron chi connectivity index (χ1n) is 5.45. The van der Waals surface area contributed by atoms with Gasteiger partial charge in [0.25, 0.3) is 5.91 Å². The van der Waals surface area contributed by atoms with Gasteiger partial charge in [-0.3, -0.25) is 4.79 Å². The summed E-state index contributed by atoms with van der Waals surface area (Å²) < 4.78 is 10.0. The van der Waals surface area contributed by atoms with E-state index in [1.54, 1.807) is 18.2 Å². The summed E-state index contributed by atoms with van der Waals surface area (Å²) in [5.41, 5.74) is 6.44. The van der Waals surface area contributed by atoms with Gasteiger partial charge in [-0.25, -0.2) is 0 Å². The molecule has 0 aliphatic carbocycles. The van der Waals surface area contributed by atoms with Crippen molar-refractivity contribution in [2.45, 2.75) is 6.92 Å². The van der Waals surface area contributed by atoms with E-state index in [1.165, 1.54) is 12.3 Å². The second kappa shape index (κ2) is 5.22. The molecule has 0 atom stereocenters. The first kappa shape index (κ1) is 12.0. The summed E-state index contributed by atoms with van der Waals surface area (Å²) in [7, 11) is 0. The smallest absolute Gasteiger partial charge is 0.262 e. The van der Waals surface area contributed by atoms with Crippen molar-refractivity contribution in [3.8, 4) is 5.75 Å². The van der Waals surface area contributed by atoms with E-state index in [-0.39, 0.29) is 5.91 Å². The van der Waals surface area contributed by atoms with Gasteiger partial charge in [-0.15, -0.1) is 0 Å². The largest absolute Gasteiger partial charge is 0.493 e. The van der Waals surface area contributed by atoms with Crippen LogP contribution < -0.4 is 15.8 Å². The van der Waals surface area contributed by atoms with Gasteiger partial charge in [-0.2, -0.15) is 0 Å². The van der Waals surface area contributed by atoms with Gasteiger partial charge in [-0.05, 0) is 19.1 Å². The van der Waals surface area contributed by atoms with Crippen molar-refractivity contribution < 1.29 is 14.1 Å². The van der Waals surface area contributed by atoms with Gasteiger partial charge in [0.1, 0.15) is 17.6 Å². The number of carbonyl (C=O) groups is 1. The number of anilines is 2. The summed E-state index contributed by atoms with van der Waals surface area (Å²) in [6.07, 6.45) is 1.37. The van der Waals surface area contributed by atoms with Crippen LogP contribution in [-0.4, -0.2) is 17.7 Å². The van der Waals surface area contributed by atoms with Gasteiger partial charge in [0.05, 0.1) is 6.61 Å². The molecule has 94 valence electrons. The van der Waals surface area contributed by atoms with Gasteiger partial charge >= 0.3 is 0 Å². The van der Waals surface area contributed by atoms with Crippen LogP contribution >= 0.6 is 0 Å². The second-order valence-corrected chi connectivity index (χ2v) is 3.49. The minimum atomic E-state index is -0.384. The minimum absolute atomic E-state index is 0.294. The van der Waals surface area contributed by atoms with E-state index in [4.69, 9.17) is 10.5 Å². The predicted octanol–water partition coefficient (Wildman–Crippen LogP) is 1.91. The molecule has 0 spiro atoms. The molecule has 2 aromatic rings. The van der Waals surface area contributed by atoms with E-state index in [0.29, 0.717) is 29.4 Å². The van der Waals surface area contributed by atoms with Crippen molar-refractivity contribution in [2.24, 2.45) is 0 Å². The van der Waals surface area contributed by atoms with E-state index in [9.17, 15) is 4.79 Å². The van der Waals surface area contributed by atoms with Gasteiger partial charge in [0, 0.05) is 11.8 Å².